The van der Waals surface area contributed by atoms with Crippen LogP contribution in [0.1, 0.15) is 61.1 Å². The molecule has 1 aliphatic rings. The van der Waals surface area contributed by atoms with Gasteiger partial charge in [-0.1, -0.05) is 74.5 Å². The van der Waals surface area contributed by atoms with Gasteiger partial charge in [-0.3, -0.25) is 14.2 Å². The molecule has 0 unspecified atom stereocenters. The summed E-state index contributed by atoms with van der Waals surface area (Å²) in [6.07, 6.45) is -3.30. The average Bonchev–Trinajstić information content (AvgIpc) is 3.62. The van der Waals surface area contributed by atoms with E-state index in [0.717, 1.165) is 17.7 Å². The van der Waals surface area contributed by atoms with Crippen molar-refractivity contribution in [2.45, 2.75) is 63.7 Å². The highest BCUT2D eigenvalue weighted by molar-refractivity contribution is 5.94. The van der Waals surface area contributed by atoms with Gasteiger partial charge in [0.25, 0.3) is 11.8 Å². The number of nitrogens with one attached hydrogen (secondary N) is 4. The van der Waals surface area contributed by atoms with Crippen LogP contribution < -0.4 is 21.3 Å². The zero-order chi connectivity index (χ0) is 32.6. The van der Waals surface area contributed by atoms with E-state index in [1.165, 1.54) is 10.9 Å². The number of aliphatic hydroxyl groups is 2. The van der Waals surface area contributed by atoms with E-state index >= 15 is 0 Å². The summed E-state index contributed by atoms with van der Waals surface area (Å²) in [6, 6.07) is 20.5. The molecule has 0 aliphatic carbocycles. The third-order valence-corrected chi connectivity index (χ3v) is 7.82. The molecule has 244 valence electrons. The van der Waals surface area contributed by atoms with Crippen LogP contribution in [0.4, 0.5) is 5.82 Å². The average molecular weight is 631 g/mol. The fourth-order valence-corrected chi connectivity index (χ4v) is 5.47. The van der Waals surface area contributed by atoms with Crippen molar-refractivity contribution < 1.29 is 24.5 Å². The molecule has 5 rings (SSSR count). The standard InChI is InChI=1S/C33H42N8O5/c1-4-34-31(44)27-25(42)26(43)33(46-27)41-19-38-24-28(39-29(40-30(24)41)32(45)36-17-11-16-35-20(2)3)37-18-23(21-12-7-5-8-13-21)22-14-9-6-10-15-22/h5-10,12-15,19-20,23,25-27,33,35,42-43H,4,11,16-18H2,1-3H3,(H,34,44)(H,36,45)(H,37,39,40)/t25-,26-,27-,33+/m0/s1. The van der Waals surface area contributed by atoms with Gasteiger partial charge in [0.05, 0.1) is 6.33 Å². The van der Waals surface area contributed by atoms with E-state index in [1.54, 1.807) is 6.92 Å². The Bertz CT molecular complexity index is 1560. The summed E-state index contributed by atoms with van der Waals surface area (Å²) in [6.45, 7) is 7.77. The Morgan fingerprint density at radius 2 is 1.61 bits per heavy atom. The fraction of sp³-hybridized carbons (Fsp3) is 0.424. The lowest BCUT2D eigenvalue weighted by Gasteiger charge is -2.20. The summed E-state index contributed by atoms with van der Waals surface area (Å²) < 4.78 is 7.26. The SMILES string of the molecule is CCNC(=O)[C@H]1O[C@@H](n2cnc3c(NCC(c4ccccc4)c4ccccc4)nc(C(=O)NCCCNC(C)C)nc32)[C@@H](O)[C@@H]1O. The lowest BCUT2D eigenvalue weighted by Crippen LogP contribution is -2.42. The second kappa shape index (κ2) is 15.2. The van der Waals surface area contributed by atoms with E-state index in [4.69, 9.17) is 4.74 Å². The molecule has 2 aromatic heterocycles. The Labute approximate surface area is 267 Å². The molecule has 46 heavy (non-hydrogen) atoms. The number of fused-ring (bicyclic) bond motifs is 1. The number of hydrogen-bond donors (Lipinski definition) is 6. The molecule has 13 nitrogen and oxygen atoms in total. The first-order valence-electron chi connectivity index (χ1n) is 15.7. The van der Waals surface area contributed by atoms with Gasteiger partial charge in [-0.25, -0.2) is 15.0 Å². The molecule has 2 amide bonds. The number of carbonyl (C=O) groups is 2. The van der Waals surface area contributed by atoms with Crippen molar-refractivity contribution in [2.24, 2.45) is 0 Å². The van der Waals surface area contributed by atoms with Crippen LogP contribution in [-0.2, 0) is 9.53 Å². The quantitative estimate of drug-likeness (QED) is 0.113. The largest absolute Gasteiger partial charge is 0.387 e. The molecule has 6 N–H and O–H groups in total. The minimum atomic E-state index is -1.48. The van der Waals surface area contributed by atoms with Gasteiger partial charge < -0.3 is 36.2 Å². The van der Waals surface area contributed by atoms with Crippen molar-refractivity contribution in [3.8, 4) is 0 Å². The number of aliphatic hydroxyl groups excluding tert-OH is 2. The van der Waals surface area contributed by atoms with Crippen molar-refractivity contribution in [2.75, 3.05) is 31.5 Å². The maximum absolute atomic E-state index is 13.3. The number of amides is 2. The highest BCUT2D eigenvalue weighted by Crippen LogP contribution is 2.33. The number of aromatic nitrogens is 4. The van der Waals surface area contributed by atoms with Gasteiger partial charge in [0.1, 0.15) is 12.2 Å². The number of benzene rings is 2. The van der Waals surface area contributed by atoms with Crippen LogP contribution in [-0.4, -0.2) is 92.1 Å². The topological polar surface area (TPSA) is 176 Å². The van der Waals surface area contributed by atoms with Gasteiger partial charge >= 0.3 is 0 Å². The molecule has 0 spiro atoms. The molecule has 3 heterocycles. The van der Waals surface area contributed by atoms with E-state index in [0.29, 0.717) is 43.4 Å². The normalized spacial score (nSPS) is 19.5. The molecule has 0 bridgehead atoms. The Hall–Kier alpha value is -4.43. The number of rotatable bonds is 14. The monoisotopic (exact) mass is 630 g/mol. The molecule has 2 aromatic carbocycles. The maximum Gasteiger partial charge on any atom is 0.289 e. The molecule has 0 radical (unpaired) electrons. The minimum absolute atomic E-state index is 0.0480. The first-order valence-corrected chi connectivity index (χ1v) is 15.7. The molecule has 1 fully saturated rings. The Morgan fingerprint density at radius 3 is 2.24 bits per heavy atom. The summed E-state index contributed by atoms with van der Waals surface area (Å²) in [5.74, 6) is -0.845. The predicted molar refractivity (Wildman–Crippen MR) is 173 cm³/mol. The van der Waals surface area contributed by atoms with E-state index < -0.39 is 36.4 Å². The van der Waals surface area contributed by atoms with Gasteiger partial charge in [0.15, 0.2) is 29.3 Å². The number of imidazole rings is 1. The van der Waals surface area contributed by atoms with Crippen molar-refractivity contribution in [1.82, 2.24) is 35.5 Å². The molecule has 0 saturated carbocycles. The summed E-state index contributed by atoms with van der Waals surface area (Å²) in [5.41, 5.74) is 2.73. The molecule has 1 aliphatic heterocycles. The lowest BCUT2D eigenvalue weighted by atomic mass is 9.91. The van der Waals surface area contributed by atoms with Crippen molar-refractivity contribution in [1.29, 1.82) is 0 Å². The predicted octanol–water partition coefficient (Wildman–Crippen LogP) is 1.94. The van der Waals surface area contributed by atoms with Crippen LogP contribution in [0.3, 0.4) is 0 Å². The van der Waals surface area contributed by atoms with Crippen molar-refractivity contribution in [3.63, 3.8) is 0 Å². The third kappa shape index (κ3) is 7.50. The summed E-state index contributed by atoms with van der Waals surface area (Å²) in [7, 11) is 0. The number of carbonyl (C=O) groups excluding carboxylic acids is 2. The first-order chi connectivity index (χ1) is 22.3. The number of ether oxygens (including phenoxy) is 1. The van der Waals surface area contributed by atoms with Gasteiger partial charge in [-0.15, -0.1) is 0 Å². The zero-order valence-corrected chi connectivity index (χ0v) is 26.3. The van der Waals surface area contributed by atoms with E-state index in [9.17, 15) is 19.8 Å². The summed E-state index contributed by atoms with van der Waals surface area (Å²) in [5, 5.41) is 33.8. The second-order valence-corrected chi connectivity index (χ2v) is 11.5. The van der Waals surface area contributed by atoms with E-state index in [2.05, 4.69) is 74.3 Å². The van der Waals surface area contributed by atoms with E-state index in [-0.39, 0.29) is 17.4 Å². The van der Waals surface area contributed by atoms with Gasteiger partial charge in [0.2, 0.25) is 5.82 Å². The van der Waals surface area contributed by atoms with Crippen molar-refractivity contribution >= 4 is 28.8 Å². The van der Waals surface area contributed by atoms with Crippen LogP contribution in [0.15, 0.2) is 67.0 Å². The summed E-state index contributed by atoms with van der Waals surface area (Å²) >= 11 is 0. The fourth-order valence-electron chi connectivity index (χ4n) is 5.47. The molecule has 13 heteroatoms. The molecular weight excluding hydrogens is 588 g/mol. The Kier molecular flexibility index (Phi) is 10.9. The van der Waals surface area contributed by atoms with Crippen molar-refractivity contribution in [3.05, 3.63) is 83.9 Å². The van der Waals surface area contributed by atoms with Crippen LogP contribution in [0.5, 0.6) is 0 Å². The highest BCUT2D eigenvalue weighted by atomic mass is 16.6. The van der Waals surface area contributed by atoms with E-state index in [1.807, 2.05) is 36.4 Å². The van der Waals surface area contributed by atoms with Crippen LogP contribution in [0, 0.1) is 0 Å². The first kappa shape index (κ1) is 32.9. The van der Waals surface area contributed by atoms with Crippen LogP contribution >= 0.6 is 0 Å². The Balaban J connectivity index is 1.47. The zero-order valence-electron chi connectivity index (χ0n) is 26.3. The minimum Gasteiger partial charge on any atom is -0.387 e. The number of anilines is 1. The third-order valence-electron chi connectivity index (χ3n) is 7.82. The number of nitrogens with zero attached hydrogens (tertiary/aromatic N) is 4. The number of hydrogen-bond acceptors (Lipinski definition) is 10. The van der Waals surface area contributed by atoms with Gasteiger partial charge in [-0.2, -0.15) is 0 Å². The molecular formula is C33H42N8O5. The second-order valence-electron chi connectivity index (χ2n) is 11.5. The molecule has 4 aromatic rings. The number of likely N-dealkylation sites (N-methyl/N-ethyl adjacent to an activating group) is 1. The molecule has 4 atom stereocenters. The smallest absolute Gasteiger partial charge is 0.289 e. The summed E-state index contributed by atoms with van der Waals surface area (Å²) in [4.78, 5) is 39.5. The Morgan fingerprint density at radius 1 is 0.935 bits per heavy atom. The maximum atomic E-state index is 13.3. The van der Waals surface area contributed by atoms with Gasteiger partial charge in [0, 0.05) is 31.6 Å². The van der Waals surface area contributed by atoms with Crippen LogP contribution in [0.25, 0.3) is 11.2 Å². The lowest BCUT2D eigenvalue weighted by molar-refractivity contribution is -0.137. The van der Waals surface area contributed by atoms with Crippen LogP contribution in [0.2, 0.25) is 0 Å². The molecule has 1 saturated heterocycles. The highest BCUT2D eigenvalue weighted by Gasteiger charge is 2.47. The van der Waals surface area contributed by atoms with Gasteiger partial charge in [-0.05, 0) is 31.0 Å².